The van der Waals surface area contributed by atoms with E-state index in [4.69, 9.17) is 18.9 Å². The number of carbonyl (C=O) groups is 4. The van der Waals surface area contributed by atoms with Gasteiger partial charge >= 0.3 is 12.3 Å². The number of nitrogens with zero attached hydrogens (tertiary/aromatic N) is 2. The fourth-order valence-corrected chi connectivity index (χ4v) is 8.47. The standard InChI is InChI=1S/C38H47F4N5O10S/c1-20-9-7-8-10-22-18-37(22,33(50)46-58(52,53)36(5)12-13-36)45-30(48)27-17-24(56-31-26-15-23(39)16-28(54-6)25(26)11-14-43-31)19-47(27)32(49)29(21(2)55-20)44-34(51)57-35(3,4)38(40,41)42/h8,10-11,14-16,20-22,24,27,29H,7,9,12-13,17-19H2,1-6H3,(H,44,51)(H,45,48)(H,46,50). The molecule has 0 spiro atoms. The molecule has 58 heavy (non-hydrogen) atoms. The normalized spacial score (nSPS) is 28.9. The Hall–Kier alpha value is -4.72. The molecule has 6 rings (SSSR count). The first-order valence-corrected chi connectivity index (χ1v) is 20.4. The largest absolute Gasteiger partial charge is 0.496 e. The van der Waals surface area contributed by atoms with Crippen LogP contribution in [0.1, 0.15) is 73.1 Å². The Bertz CT molecular complexity index is 2110. The van der Waals surface area contributed by atoms with E-state index in [-0.39, 0.29) is 36.4 Å². The number of ether oxygens (including phenoxy) is 4. The van der Waals surface area contributed by atoms with E-state index in [1.807, 2.05) is 0 Å². The van der Waals surface area contributed by atoms with Crippen molar-refractivity contribution in [3.63, 3.8) is 0 Å². The second kappa shape index (κ2) is 15.5. The van der Waals surface area contributed by atoms with Crippen LogP contribution in [0.4, 0.5) is 22.4 Å². The Kier molecular flexibility index (Phi) is 11.4. The van der Waals surface area contributed by atoms with Crippen LogP contribution >= 0.6 is 0 Å². The van der Waals surface area contributed by atoms with E-state index in [1.165, 1.54) is 39.3 Å². The second-order valence-electron chi connectivity index (χ2n) is 16.1. The molecule has 2 aliphatic carbocycles. The Morgan fingerprint density at radius 2 is 1.83 bits per heavy atom. The molecule has 2 aliphatic heterocycles. The topological polar surface area (TPSA) is 192 Å². The number of sulfonamides is 1. The lowest BCUT2D eigenvalue weighted by Crippen LogP contribution is -2.60. The fourth-order valence-electron chi connectivity index (χ4n) is 7.16. The summed E-state index contributed by atoms with van der Waals surface area (Å²) in [6.07, 6.45) is -3.26. The molecule has 15 nitrogen and oxygen atoms in total. The van der Waals surface area contributed by atoms with Gasteiger partial charge in [-0.1, -0.05) is 12.2 Å². The monoisotopic (exact) mass is 841 g/mol. The van der Waals surface area contributed by atoms with Crippen molar-refractivity contribution in [1.82, 2.24) is 25.2 Å². The van der Waals surface area contributed by atoms with Crippen LogP contribution in [-0.2, 0) is 33.9 Å². The highest BCUT2D eigenvalue weighted by Gasteiger charge is 2.63. The van der Waals surface area contributed by atoms with Crippen molar-refractivity contribution in [2.75, 3.05) is 13.7 Å². The summed E-state index contributed by atoms with van der Waals surface area (Å²) in [5, 5.41) is 5.59. The summed E-state index contributed by atoms with van der Waals surface area (Å²) in [4.78, 5) is 61.3. The smallest absolute Gasteiger partial charge is 0.427 e. The summed E-state index contributed by atoms with van der Waals surface area (Å²) in [6.45, 7) is 5.54. The zero-order chi connectivity index (χ0) is 42.6. The van der Waals surface area contributed by atoms with Gasteiger partial charge in [-0.05, 0) is 78.9 Å². The van der Waals surface area contributed by atoms with Gasteiger partial charge in [0.25, 0.3) is 5.91 Å². The van der Waals surface area contributed by atoms with Crippen molar-refractivity contribution < 1.29 is 64.1 Å². The van der Waals surface area contributed by atoms with Gasteiger partial charge in [-0.2, -0.15) is 13.2 Å². The Morgan fingerprint density at radius 3 is 2.48 bits per heavy atom. The van der Waals surface area contributed by atoms with Gasteiger partial charge in [-0.25, -0.2) is 22.6 Å². The average molecular weight is 842 g/mol. The minimum atomic E-state index is -4.97. The molecule has 4 aliphatic rings. The van der Waals surface area contributed by atoms with Crippen molar-refractivity contribution in [1.29, 1.82) is 0 Å². The van der Waals surface area contributed by atoms with Gasteiger partial charge in [-0.15, -0.1) is 0 Å². The molecule has 2 aromatic rings. The molecule has 7 atom stereocenters. The molecule has 2 saturated carbocycles. The fraction of sp³-hybridized carbons (Fsp3) is 0.605. The van der Waals surface area contributed by atoms with Crippen LogP contribution in [0, 0.1) is 11.7 Å². The predicted octanol–water partition coefficient (Wildman–Crippen LogP) is 4.18. The van der Waals surface area contributed by atoms with Crippen molar-refractivity contribution in [3.05, 3.63) is 42.4 Å². The van der Waals surface area contributed by atoms with E-state index >= 15 is 0 Å². The lowest BCUT2D eigenvalue weighted by molar-refractivity contribution is -0.244. The van der Waals surface area contributed by atoms with Gasteiger partial charge in [0.1, 0.15) is 35.3 Å². The molecular weight excluding hydrogens is 795 g/mol. The van der Waals surface area contributed by atoms with E-state index in [2.05, 4.69) is 20.3 Å². The predicted molar refractivity (Wildman–Crippen MR) is 198 cm³/mol. The van der Waals surface area contributed by atoms with E-state index in [0.29, 0.717) is 44.9 Å². The maximum Gasteiger partial charge on any atom is 0.427 e. The number of hydrogen-bond acceptors (Lipinski definition) is 11. The summed E-state index contributed by atoms with van der Waals surface area (Å²) in [5.41, 5.74) is -4.67. The first-order chi connectivity index (χ1) is 27.0. The van der Waals surface area contributed by atoms with Gasteiger partial charge in [-0.3, -0.25) is 19.1 Å². The number of pyridine rings is 1. The van der Waals surface area contributed by atoms with Gasteiger partial charge in [0.15, 0.2) is 0 Å². The van der Waals surface area contributed by atoms with Gasteiger partial charge in [0.05, 0.1) is 36.0 Å². The number of hydrogen-bond donors (Lipinski definition) is 3. The Morgan fingerprint density at radius 1 is 1.12 bits per heavy atom. The van der Waals surface area contributed by atoms with Crippen LogP contribution in [0.25, 0.3) is 10.8 Å². The number of aromatic nitrogens is 1. The van der Waals surface area contributed by atoms with Crippen LogP contribution < -0.4 is 24.8 Å². The highest BCUT2D eigenvalue weighted by atomic mass is 32.2. The summed E-state index contributed by atoms with van der Waals surface area (Å²) in [7, 11) is -2.77. The average Bonchev–Trinajstić information content (AvgIpc) is 4.01. The Balaban J connectivity index is 1.36. The lowest BCUT2D eigenvalue weighted by atomic mass is 10.1. The third-order valence-electron chi connectivity index (χ3n) is 11.3. The Labute approximate surface area is 332 Å². The van der Waals surface area contributed by atoms with E-state index in [1.54, 1.807) is 25.1 Å². The summed E-state index contributed by atoms with van der Waals surface area (Å²) in [6, 6.07) is 0.746. The SMILES string of the molecule is COc1cc(F)cc2c(OC3CC4C(=O)NC5(C(=O)NS(=O)(=O)C6(C)CC6)CC5C=CCCC(C)OC(C)C(NC(=O)OC(C)(C)C(F)(F)F)C(=O)N4C3)nccc12. The third kappa shape index (κ3) is 8.53. The minimum absolute atomic E-state index is 0.0370. The van der Waals surface area contributed by atoms with Crippen LogP contribution in [0.3, 0.4) is 0 Å². The number of fused-ring (bicyclic) bond motifs is 3. The summed E-state index contributed by atoms with van der Waals surface area (Å²) < 4.78 is 105. The number of nitrogens with one attached hydrogen (secondary N) is 3. The van der Waals surface area contributed by atoms with Gasteiger partial charge in [0, 0.05) is 30.0 Å². The molecule has 4 amide bonds. The van der Waals surface area contributed by atoms with Crippen molar-refractivity contribution in [2.45, 2.75) is 126 Å². The zero-order valence-electron chi connectivity index (χ0n) is 32.8. The molecule has 1 aromatic carbocycles. The number of halogens is 4. The van der Waals surface area contributed by atoms with Crippen LogP contribution in [0.2, 0.25) is 0 Å². The van der Waals surface area contributed by atoms with Gasteiger partial charge < -0.3 is 34.5 Å². The maximum absolute atomic E-state index is 14.7. The van der Waals surface area contributed by atoms with Crippen molar-refractivity contribution in [2.24, 2.45) is 5.92 Å². The highest BCUT2D eigenvalue weighted by molar-refractivity contribution is 7.91. The van der Waals surface area contributed by atoms with Crippen molar-refractivity contribution >= 4 is 44.6 Å². The van der Waals surface area contributed by atoms with Crippen molar-refractivity contribution in [3.8, 4) is 11.6 Å². The molecule has 3 N–H and O–H groups in total. The van der Waals surface area contributed by atoms with E-state index < -0.39 is 98.0 Å². The third-order valence-corrected chi connectivity index (χ3v) is 13.5. The zero-order valence-corrected chi connectivity index (χ0v) is 33.6. The molecule has 1 saturated heterocycles. The summed E-state index contributed by atoms with van der Waals surface area (Å²) in [5.74, 6) is -3.97. The number of alkyl halides is 3. The van der Waals surface area contributed by atoms with Crippen LogP contribution in [-0.4, -0.2) is 108 Å². The summed E-state index contributed by atoms with van der Waals surface area (Å²) >= 11 is 0. The number of carbonyl (C=O) groups excluding carboxylic acids is 4. The first-order valence-electron chi connectivity index (χ1n) is 18.9. The molecule has 1 aromatic heterocycles. The number of amides is 4. The number of methoxy groups -OCH3 is 1. The van der Waals surface area contributed by atoms with Gasteiger partial charge in [0.2, 0.25) is 33.3 Å². The quantitative estimate of drug-likeness (QED) is 0.255. The minimum Gasteiger partial charge on any atom is -0.496 e. The molecule has 0 radical (unpaired) electrons. The second-order valence-corrected chi connectivity index (χ2v) is 18.3. The number of benzene rings is 1. The first kappa shape index (κ1) is 42.9. The van der Waals surface area contributed by atoms with E-state index in [9.17, 15) is 45.2 Å². The lowest BCUT2D eigenvalue weighted by Gasteiger charge is -2.34. The molecule has 20 heteroatoms. The molecule has 3 fully saturated rings. The van der Waals surface area contributed by atoms with E-state index in [0.717, 1.165) is 4.90 Å². The number of alkyl carbamates (subject to hydrolysis) is 1. The number of rotatable bonds is 8. The molecule has 7 unspecified atom stereocenters. The highest BCUT2D eigenvalue weighted by Crippen LogP contribution is 2.47. The molecule has 3 heterocycles. The molecule has 318 valence electrons. The molecule has 0 bridgehead atoms. The number of allylic oxidation sites excluding steroid dienone is 1. The molecular formula is C38H47F4N5O10S. The van der Waals surface area contributed by atoms with Crippen LogP contribution in [0.5, 0.6) is 11.6 Å². The van der Waals surface area contributed by atoms with Crippen LogP contribution in [0.15, 0.2) is 36.5 Å². The maximum atomic E-state index is 14.7.